The topological polar surface area (TPSA) is 57.3 Å². The number of carbonyl (C=O) groups excluding carboxylic acids is 1. The van der Waals surface area contributed by atoms with E-state index in [2.05, 4.69) is 26.4 Å². The standard InChI is InChI=1S/C25H22ClFN4OS2/c1-2-11-28-25(33)31-12-9-17(10-13-31)24-30-22(15-34-24)23(32)29-21-8-7-19(27)14-20(21)16-3-5-18(26)6-4-16/h1,3-8,14-15,17H,9-13H2,(H,28,33)(H,29,32). The van der Waals surface area contributed by atoms with Crippen LogP contribution in [0.4, 0.5) is 10.1 Å². The first-order valence-corrected chi connectivity index (χ1v) is 12.4. The number of benzene rings is 2. The Morgan fingerprint density at radius 2 is 2.00 bits per heavy atom. The smallest absolute Gasteiger partial charge is 0.275 e. The molecule has 0 bridgehead atoms. The largest absolute Gasteiger partial charge is 0.352 e. The molecule has 4 rings (SSSR count). The van der Waals surface area contributed by atoms with Crippen molar-refractivity contribution in [3.8, 4) is 23.5 Å². The lowest BCUT2D eigenvalue weighted by Crippen LogP contribution is -2.44. The monoisotopic (exact) mass is 512 g/mol. The predicted molar refractivity (Wildman–Crippen MR) is 140 cm³/mol. The predicted octanol–water partition coefficient (Wildman–Crippen LogP) is 5.54. The Morgan fingerprint density at radius 3 is 2.71 bits per heavy atom. The van der Waals surface area contributed by atoms with Crippen molar-refractivity contribution in [1.29, 1.82) is 0 Å². The maximum Gasteiger partial charge on any atom is 0.275 e. The van der Waals surface area contributed by atoms with Crippen molar-refractivity contribution in [3.63, 3.8) is 0 Å². The number of aromatic nitrogens is 1. The molecule has 0 atom stereocenters. The van der Waals surface area contributed by atoms with Crippen molar-refractivity contribution < 1.29 is 9.18 Å². The fraction of sp³-hybridized carbons (Fsp3) is 0.240. The molecule has 5 nitrogen and oxygen atoms in total. The van der Waals surface area contributed by atoms with Crippen LogP contribution in [0.5, 0.6) is 0 Å². The Bertz CT molecular complexity index is 1230. The number of anilines is 1. The van der Waals surface area contributed by atoms with Gasteiger partial charge in [-0.1, -0.05) is 29.7 Å². The number of thiazole rings is 1. The summed E-state index contributed by atoms with van der Waals surface area (Å²) in [6, 6.07) is 11.3. The van der Waals surface area contributed by atoms with Crippen molar-refractivity contribution in [3.05, 3.63) is 69.4 Å². The second-order valence-electron chi connectivity index (χ2n) is 7.85. The van der Waals surface area contributed by atoms with Gasteiger partial charge in [-0.3, -0.25) is 4.79 Å². The van der Waals surface area contributed by atoms with Crippen LogP contribution in [0, 0.1) is 18.2 Å². The summed E-state index contributed by atoms with van der Waals surface area (Å²) < 4.78 is 13.9. The lowest BCUT2D eigenvalue weighted by molar-refractivity contribution is 0.102. The summed E-state index contributed by atoms with van der Waals surface area (Å²) in [5, 5.41) is 9.88. The zero-order valence-electron chi connectivity index (χ0n) is 18.2. The summed E-state index contributed by atoms with van der Waals surface area (Å²) in [4.78, 5) is 19.7. The molecule has 34 heavy (non-hydrogen) atoms. The first kappa shape index (κ1) is 24.1. The fourth-order valence-corrected chi connectivity index (χ4v) is 5.18. The van der Waals surface area contributed by atoms with Crippen molar-refractivity contribution >= 4 is 51.9 Å². The molecule has 1 aliphatic rings. The van der Waals surface area contributed by atoms with E-state index in [1.54, 1.807) is 35.7 Å². The van der Waals surface area contributed by atoms with Crippen LogP contribution in [0.15, 0.2) is 47.8 Å². The number of amides is 1. The van der Waals surface area contributed by atoms with E-state index in [4.69, 9.17) is 30.2 Å². The highest BCUT2D eigenvalue weighted by atomic mass is 35.5. The third-order valence-corrected chi connectivity index (χ3v) is 7.27. The van der Waals surface area contributed by atoms with Crippen LogP contribution < -0.4 is 10.6 Å². The van der Waals surface area contributed by atoms with Gasteiger partial charge >= 0.3 is 0 Å². The maximum absolute atomic E-state index is 13.9. The van der Waals surface area contributed by atoms with Gasteiger partial charge in [0.05, 0.1) is 11.6 Å². The Labute approximate surface area is 212 Å². The van der Waals surface area contributed by atoms with E-state index < -0.39 is 0 Å². The molecule has 1 fully saturated rings. The van der Waals surface area contributed by atoms with Gasteiger partial charge in [-0.05, 0) is 61.0 Å². The molecule has 1 saturated heterocycles. The number of hydrogen-bond donors (Lipinski definition) is 2. The molecule has 1 amide bonds. The highest BCUT2D eigenvalue weighted by Crippen LogP contribution is 2.32. The van der Waals surface area contributed by atoms with Crippen LogP contribution >= 0.6 is 35.2 Å². The van der Waals surface area contributed by atoms with Crippen LogP contribution in [-0.2, 0) is 0 Å². The fourth-order valence-electron chi connectivity index (χ4n) is 3.83. The molecule has 0 unspecified atom stereocenters. The second kappa shape index (κ2) is 11.0. The van der Waals surface area contributed by atoms with Crippen LogP contribution in [0.3, 0.4) is 0 Å². The Balaban J connectivity index is 1.43. The Kier molecular flexibility index (Phi) is 7.78. The molecule has 0 aliphatic carbocycles. The molecule has 2 heterocycles. The van der Waals surface area contributed by atoms with E-state index in [9.17, 15) is 9.18 Å². The van der Waals surface area contributed by atoms with E-state index in [0.717, 1.165) is 36.5 Å². The second-order valence-corrected chi connectivity index (χ2v) is 9.56. The number of likely N-dealkylation sites (tertiary alicyclic amines) is 1. The normalized spacial score (nSPS) is 13.9. The Hall–Kier alpha value is -2.99. The van der Waals surface area contributed by atoms with E-state index in [1.807, 2.05) is 0 Å². The van der Waals surface area contributed by atoms with Crippen LogP contribution in [-0.4, -0.2) is 40.5 Å². The SMILES string of the molecule is C#CCNC(=S)N1CCC(c2nc(C(=O)Nc3ccc(F)cc3-c3ccc(Cl)cc3)cs2)CC1. The molecule has 0 saturated carbocycles. The zero-order chi connectivity index (χ0) is 24.1. The van der Waals surface area contributed by atoms with Gasteiger partial charge in [0.1, 0.15) is 11.5 Å². The number of nitrogens with one attached hydrogen (secondary N) is 2. The summed E-state index contributed by atoms with van der Waals surface area (Å²) in [5.74, 6) is 2.08. The summed E-state index contributed by atoms with van der Waals surface area (Å²) in [7, 11) is 0. The molecule has 1 aliphatic heterocycles. The minimum Gasteiger partial charge on any atom is -0.352 e. The van der Waals surface area contributed by atoms with Crippen molar-refractivity contribution in [2.24, 2.45) is 0 Å². The number of terminal acetylenes is 1. The lowest BCUT2D eigenvalue weighted by Gasteiger charge is -2.32. The summed E-state index contributed by atoms with van der Waals surface area (Å²) in [6.07, 6.45) is 7.07. The summed E-state index contributed by atoms with van der Waals surface area (Å²) in [6.45, 7) is 2.03. The first-order valence-electron chi connectivity index (χ1n) is 10.7. The van der Waals surface area contributed by atoms with Crippen LogP contribution in [0.25, 0.3) is 11.1 Å². The highest BCUT2D eigenvalue weighted by Gasteiger charge is 2.25. The van der Waals surface area contributed by atoms with Gasteiger partial charge in [0, 0.05) is 40.7 Å². The van der Waals surface area contributed by atoms with E-state index >= 15 is 0 Å². The molecule has 0 spiro atoms. The molecular formula is C25H22ClFN4OS2. The van der Waals surface area contributed by atoms with Gasteiger partial charge in [0.25, 0.3) is 5.91 Å². The molecule has 9 heteroatoms. The number of carbonyl (C=O) groups is 1. The minimum atomic E-state index is -0.390. The first-order chi connectivity index (χ1) is 16.4. The number of thiocarbonyl (C=S) groups is 1. The number of halogens is 2. The third kappa shape index (κ3) is 5.73. The van der Waals surface area contributed by atoms with Gasteiger partial charge in [0.15, 0.2) is 5.11 Å². The van der Waals surface area contributed by atoms with E-state index in [-0.39, 0.29) is 17.6 Å². The Morgan fingerprint density at radius 1 is 1.26 bits per heavy atom. The highest BCUT2D eigenvalue weighted by molar-refractivity contribution is 7.80. The summed E-state index contributed by atoms with van der Waals surface area (Å²) >= 11 is 12.8. The lowest BCUT2D eigenvalue weighted by atomic mass is 9.98. The molecule has 174 valence electrons. The molecular weight excluding hydrogens is 491 g/mol. The number of hydrogen-bond acceptors (Lipinski definition) is 4. The third-order valence-electron chi connectivity index (χ3n) is 5.61. The van der Waals surface area contributed by atoms with Gasteiger partial charge in [0.2, 0.25) is 0 Å². The van der Waals surface area contributed by atoms with Gasteiger partial charge < -0.3 is 15.5 Å². The van der Waals surface area contributed by atoms with Gasteiger partial charge in [-0.2, -0.15) is 0 Å². The van der Waals surface area contributed by atoms with E-state index in [0.29, 0.717) is 33.6 Å². The number of piperidine rings is 1. The van der Waals surface area contributed by atoms with Gasteiger partial charge in [-0.15, -0.1) is 17.8 Å². The average Bonchev–Trinajstić information content (AvgIpc) is 3.35. The minimum absolute atomic E-state index is 0.272. The molecule has 2 N–H and O–H groups in total. The van der Waals surface area contributed by atoms with Gasteiger partial charge in [-0.25, -0.2) is 9.37 Å². The molecule has 1 aromatic heterocycles. The van der Waals surface area contributed by atoms with E-state index in [1.165, 1.54) is 23.5 Å². The van der Waals surface area contributed by atoms with Crippen LogP contribution in [0.1, 0.15) is 34.3 Å². The van der Waals surface area contributed by atoms with Crippen molar-refractivity contribution in [2.45, 2.75) is 18.8 Å². The van der Waals surface area contributed by atoms with Crippen LogP contribution in [0.2, 0.25) is 5.02 Å². The van der Waals surface area contributed by atoms with Crippen molar-refractivity contribution in [1.82, 2.24) is 15.2 Å². The summed E-state index contributed by atoms with van der Waals surface area (Å²) in [5.41, 5.74) is 2.17. The molecule has 2 aromatic carbocycles. The zero-order valence-corrected chi connectivity index (χ0v) is 20.6. The quantitative estimate of drug-likeness (QED) is 0.347. The maximum atomic E-state index is 13.9. The molecule has 3 aromatic rings. The number of rotatable bonds is 5. The molecule has 0 radical (unpaired) electrons. The van der Waals surface area contributed by atoms with Crippen molar-refractivity contribution in [2.75, 3.05) is 25.0 Å². The average molecular weight is 513 g/mol. The number of nitrogens with zero attached hydrogens (tertiary/aromatic N) is 2.